The molecule has 42 heavy (non-hydrogen) atoms. The quantitative estimate of drug-likeness (QED) is 0.308. The van der Waals surface area contributed by atoms with Gasteiger partial charge in [-0.05, 0) is 50.2 Å². The Hall–Kier alpha value is -4.57. The molecule has 2 heterocycles. The van der Waals surface area contributed by atoms with E-state index in [1.54, 1.807) is 29.9 Å². The van der Waals surface area contributed by atoms with Crippen LogP contribution in [0, 0.1) is 0 Å². The maximum atomic E-state index is 13.9. The minimum absolute atomic E-state index is 0.111. The minimum Gasteiger partial charge on any atom is -0.495 e. The van der Waals surface area contributed by atoms with Crippen molar-refractivity contribution in [3.8, 4) is 28.7 Å². The van der Waals surface area contributed by atoms with Crippen LogP contribution >= 0.6 is 0 Å². The summed E-state index contributed by atoms with van der Waals surface area (Å²) in [7, 11) is 6.18. The van der Waals surface area contributed by atoms with E-state index in [0.29, 0.717) is 70.6 Å². The normalized spacial score (nSPS) is 16.2. The maximum absolute atomic E-state index is 13.9. The summed E-state index contributed by atoms with van der Waals surface area (Å²) in [6, 6.07) is 17.8. The van der Waals surface area contributed by atoms with E-state index < -0.39 is 0 Å². The molecule has 0 aliphatic carbocycles. The van der Waals surface area contributed by atoms with Gasteiger partial charge in [-0.25, -0.2) is 4.98 Å². The number of aromatic nitrogens is 2. The highest BCUT2D eigenvalue weighted by Gasteiger charge is 2.33. The highest BCUT2D eigenvalue weighted by atomic mass is 16.5. The summed E-state index contributed by atoms with van der Waals surface area (Å²) in [4.78, 5) is 36.7. The molecule has 1 amide bonds. The molecule has 2 atom stereocenters. The molecule has 0 radical (unpaired) electrons. The molecule has 0 bridgehead atoms. The molecule has 10 nitrogen and oxygen atoms in total. The number of carbonyl (C=O) groups is 1. The highest BCUT2D eigenvalue weighted by Crippen LogP contribution is 2.39. The molecule has 4 aromatic rings. The lowest BCUT2D eigenvalue weighted by Gasteiger charge is -2.42. The van der Waals surface area contributed by atoms with Gasteiger partial charge in [0.15, 0.2) is 11.5 Å². The number of hydrogen-bond donors (Lipinski definition) is 0. The molecule has 1 saturated heterocycles. The maximum Gasteiger partial charge on any atom is 0.266 e. The van der Waals surface area contributed by atoms with Gasteiger partial charge in [0, 0.05) is 31.2 Å². The molecule has 2 unspecified atom stereocenters. The van der Waals surface area contributed by atoms with Crippen LogP contribution in [0.15, 0.2) is 65.5 Å². The van der Waals surface area contributed by atoms with E-state index >= 15 is 0 Å². The number of nitrogens with zero attached hydrogens (tertiary/aromatic N) is 4. The van der Waals surface area contributed by atoms with Crippen molar-refractivity contribution in [2.45, 2.75) is 25.9 Å². The fourth-order valence-corrected chi connectivity index (χ4v) is 5.65. The lowest BCUT2D eigenvalue weighted by molar-refractivity contribution is 0.0393. The zero-order valence-electron chi connectivity index (χ0n) is 24.8. The van der Waals surface area contributed by atoms with Crippen molar-refractivity contribution in [1.29, 1.82) is 0 Å². The van der Waals surface area contributed by atoms with Crippen LogP contribution in [0.2, 0.25) is 0 Å². The van der Waals surface area contributed by atoms with Gasteiger partial charge in [-0.1, -0.05) is 24.3 Å². The first-order valence-corrected chi connectivity index (χ1v) is 13.8. The molecular weight excluding hydrogens is 536 g/mol. The third kappa shape index (κ3) is 5.14. The van der Waals surface area contributed by atoms with Crippen molar-refractivity contribution in [3.63, 3.8) is 0 Å². The SMILES string of the molecule is COc1ccccc1-n1c(C(C)N2CCN(C(=O)c3cc(OC)c(OC)c(OC)c3)C(C)C2)nc2ccccc2c1=O. The molecule has 0 N–H and O–H groups in total. The average molecular weight is 573 g/mol. The smallest absolute Gasteiger partial charge is 0.266 e. The van der Waals surface area contributed by atoms with Crippen LogP contribution in [-0.2, 0) is 0 Å². The van der Waals surface area contributed by atoms with Crippen LogP contribution in [0.4, 0.5) is 0 Å². The van der Waals surface area contributed by atoms with Crippen molar-refractivity contribution >= 4 is 16.8 Å². The van der Waals surface area contributed by atoms with E-state index in [1.165, 1.54) is 21.3 Å². The van der Waals surface area contributed by atoms with Gasteiger partial charge in [0.05, 0.1) is 51.1 Å². The molecule has 1 aliphatic heterocycles. The summed E-state index contributed by atoms with van der Waals surface area (Å²) in [5.74, 6) is 2.36. The van der Waals surface area contributed by atoms with Crippen LogP contribution in [0.25, 0.3) is 16.6 Å². The predicted octanol–water partition coefficient (Wildman–Crippen LogP) is 4.33. The number of fused-ring (bicyclic) bond motifs is 1. The monoisotopic (exact) mass is 572 g/mol. The van der Waals surface area contributed by atoms with Gasteiger partial charge in [0.1, 0.15) is 11.6 Å². The van der Waals surface area contributed by atoms with Crippen LogP contribution in [-0.4, -0.2) is 79.4 Å². The van der Waals surface area contributed by atoms with Crippen LogP contribution in [0.3, 0.4) is 0 Å². The molecule has 0 saturated carbocycles. The molecule has 220 valence electrons. The van der Waals surface area contributed by atoms with Gasteiger partial charge in [0.25, 0.3) is 11.5 Å². The summed E-state index contributed by atoms with van der Waals surface area (Å²) in [5.41, 5.74) is 1.57. The van der Waals surface area contributed by atoms with E-state index in [-0.39, 0.29) is 23.6 Å². The average Bonchev–Trinajstić information content (AvgIpc) is 3.03. The second-order valence-corrected chi connectivity index (χ2v) is 10.2. The first-order valence-electron chi connectivity index (χ1n) is 13.8. The predicted molar refractivity (Wildman–Crippen MR) is 160 cm³/mol. The Labute approximate surface area is 245 Å². The van der Waals surface area contributed by atoms with E-state index in [1.807, 2.05) is 61.2 Å². The number of amides is 1. The number of carbonyl (C=O) groups excluding carboxylic acids is 1. The van der Waals surface area contributed by atoms with E-state index in [2.05, 4.69) is 4.90 Å². The van der Waals surface area contributed by atoms with Crippen LogP contribution in [0.5, 0.6) is 23.0 Å². The Morgan fingerprint density at radius 3 is 2.17 bits per heavy atom. The summed E-state index contributed by atoms with van der Waals surface area (Å²) in [6.07, 6.45) is 0. The topological polar surface area (TPSA) is 95.4 Å². The third-order valence-corrected chi connectivity index (χ3v) is 7.88. The fourth-order valence-electron chi connectivity index (χ4n) is 5.65. The number of rotatable bonds is 8. The third-order valence-electron chi connectivity index (χ3n) is 7.88. The van der Waals surface area contributed by atoms with E-state index in [4.69, 9.17) is 23.9 Å². The summed E-state index contributed by atoms with van der Waals surface area (Å²) in [5, 5.41) is 0.536. The van der Waals surface area contributed by atoms with Crippen LogP contribution in [0.1, 0.15) is 36.1 Å². The Kier molecular flexibility index (Phi) is 8.35. The van der Waals surface area contributed by atoms with Gasteiger partial charge in [-0.2, -0.15) is 0 Å². The molecular formula is C32H36N4O6. The summed E-state index contributed by atoms with van der Waals surface area (Å²) < 4.78 is 23.6. The summed E-state index contributed by atoms with van der Waals surface area (Å²) >= 11 is 0. The van der Waals surface area contributed by atoms with Gasteiger partial charge < -0.3 is 23.8 Å². The number of methoxy groups -OCH3 is 4. The van der Waals surface area contributed by atoms with Crippen LogP contribution < -0.4 is 24.5 Å². The number of ether oxygens (including phenoxy) is 4. The van der Waals surface area contributed by atoms with Gasteiger partial charge in [0.2, 0.25) is 5.75 Å². The second kappa shape index (κ2) is 12.1. The van der Waals surface area contributed by atoms with Crippen molar-refractivity contribution < 1.29 is 23.7 Å². The number of hydrogen-bond acceptors (Lipinski definition) is 8. The van der Waals surface area contributed by atoms with Crippen molar-refractivity contribution in [1.82, 2.24) is 19.4 Å². The zero-order chi connectivity index (χ0) is 30.0. The van der Waals surface area contributed by atoms with Crippen molar-refractivity contribution in [2.24, 2.45) is 0 Å². The van der Waals surface area contributed by atoms with Gasteiger partial charge in [-0.15, -0.1) is 0 Å². The molecule has 10 heteroatoms. The van der Waals surface area contributed by atoms with Crippen molar-refractivity contribution in [3.05, 3.63) is 82.4 Å². The zero-order valence-corrected chi connectivity index (χ0v) is 24.8. The van der Waals surface area contributed by atoms with E-state index in [9.17, 15) is 9.59 Å². The minimum atomic E-state index is -0.229. The first-order chi connectivity index (χ1) is 20.3. The summed E-state index contributed by atoms with van der Waals surface area (Å²) in [6.45, 7) is 5.75. The first kappa shape index (κ1) is 28.9. The van der Waals surface area contributed by atoms with Gasteiger partial charge in [-0.3, -0.25) is 19.1 Å². The highest BCUT2D eigenvalue weighted by molar-refractivity contribution is 5.96. The fraction of sp³-hybridized carbons (Fsp3) is 0.344. The number of benzene rings is 3. The molecule has 1 fully saturated rings. The lowest BCUT2D eigenvalue weighted by Crippen LogP contribution is -2.54. The molecule has 1 aliphatic rings. The lowest BCUT2D eigenvalue weighted by atomic mass is 10.1. The second-order valence-electron chi connectivity index (χ2n) is 10.2. The number of piperazine rings is 1. The largest absolute Gasteiger partial charge is 0.495 e. The van der Waals surface area contributed by atoms with E-state index in [0.717, 1.165) is 0 Å². The Bertz CT molecular complexity index is 1640. The Balaban J connectivity index is 1.47. The molecule has 1 aromatic heterocycles. The Morgan fingerprint density at radius 1 is 0.881 bits per heavy atom. The molecule has 0 spiro atoms. The number of para-hydroxylation sites is 3. The standard InChI is InChI=1S/C32H36N4O6/c1-20-19-34(15-16-35(20)31(37)22-17-27(40-4)29(42-6)28(18-22)41-5)21(2)30-33-24-12-8-7-11-23(24)32(38)36(30)25-13-9-10-14-26(25)39-3/h7-14,17-18,20-21H,15-16,19H2,1-6H3. The van der Waals surface area contributed by atoms with Gasteiger partial charge >= 0.3 is 0 Å². The Morgan fingerprint density at radius 2 is 1.52 bits per heavy atom. The molecule has 5 rings (SSSR count). The van der Waals surface area contributed by atoms with Crippen molar-refractivity contribution in [2.75, 3.05) is 48.1 Å². The molecule has 3 aromatic carbocycles.